The van der Waals surface area contributed by atoms with Gasteiger partial charge in [0.2, 0.25) is 23.6 Å². The third kappa shape index (κ3) is 23.4. The number of alkyl carbamates (subject to hydrolysis) is 2. The van der Waals surface area contributed by atoms with E-state index in [0.29, 0.717) is 29.3 Å². The van der Waals surface area contributed by atoms with E-state index in [1.54, 1.807) is 89.3 Å². The van der Waals surface area contributed by atoms with Crippen molar-refractivity contribution < 1.29 is 57.2 Å². The van der Waals surface area contributed by atoms with Crippen LogP contribution in [-0.4, -0.2) is 124 Å². The Balaban J connectivity index is 0.987. The maximum Gasteiger partial charge on any atom is 0.408 e. The number of rotatable bonds is 36. The van der Waals surface area contributed by atoms with Crippen molar-refractivity contribution in [3.63, 3.8) is 0 Å². The molecule has 0 aliphatic carbocycles. The van der Waals surface area contributed by atoms with Gasteiger partial charge in [0.15, 0.2) is 12.6 Å². The fourth-order valence-corrected chi connectivity index (χ4v) is 16.2. The summed E-state index contributed by atoms with van der Waals surface area (Å²) in [5, 5.41) is 17.9. The number of carbonyl (C=O) groups is 6. The van der Waals surface area contributed by atoms with Crippen LogP contribution in [0.4, 0.5) is 21.0 Å². The molecule has 8 rings (SSSR count). The highest BCUT2D eigenvalue weighted by molar-refractivity contribution is 8.00. The number of anilines is 2. The molecule has 568 valence electrons. The largest absolute Gasteiger partial charge is 0.444 e. The van der Waals surface area contributed by atoms with Gasteiger partial charge in [0.05, 0.1) is 9.49 Å². The Kier molecular flexibility index (Phi) is 30.0. The lowest BCUT2D eigenvalue weighted by atomic mass is 9.80. The molecule has 0 saturated heterocycles. The first-order chi connectivity index (χ1) is 51.0. The lowest BCUT2D eigenvalue weighted by Gasteiger charge is -2.37. The number of thioether (sulfide) groups is 2. The van der Waals surface area contributed by atoms with Crippen molar-refractivity contribution in [2.45, 2.75) is 159 Å². The van der Waals surface area contributed by atoms with Gasteiger partial charge < -0.3 is 60.3 Å². The highest BCUT2D eigenvalue weighted by Crippen LogP contribution is 2.50. The number of benzene rings is 8. The molecule has 0 aromatic heterocycles. The highest BCUT2D eigenvalue weighted by atomic mass is 32.2. The van der Waals surface area contributed by atoms with Gasteiger partial charge in [0.1, 0.15) is 35.4 Å². The SMILES string of the molecule is COC(CC(C)(C)C(NC(=O)[C@H](CCSC(c1ccccc1)(c1ccccc1)c1ccccc1)NC(=O)OC(C)(C)C)C(=O)Nc1ccc(Cc2ccc(NC(=O)C(NC(=O)[C@H](CCSC(c3ccccc3)(c3ccccc3)c3ccccc3)NC(=O)OC(C)(C)C)C(C)(C)CC(OC)OC)cc2)cc1)OC. The van der Waals surface area contributed by atoms with Crippen LogP contribution in [0.25, 0.3) is 0 Å². The van der Waals surface area contributed by atoms with E-state index < -0.39 is 104 Å². The van der Waals surface area contributed by atoms with Crippen molar-refractivity contribution in [2.75, 3.05) is 50.6 Å². The first-order valence-corrected chi connectivity index (χ1v) is 38.1. The molecule has 0 spiro atoms. The molecule has 20 heteroatoms. The fraction of sp³-hybridized carbons (Fsp3) is 0.379. The molecule has 0 radical (unpaired) electrons. The summed E-state index contributed by atoms with van der Waals surface area (Å²) in [6, 6.07) is 71.3. The number of amides is 6. The van der Waals surface area contributed by atoms with Gasteiger partial charge in [-0.3, -0.25) is 19.2 Å². The normalized spacial score (nSPS) is 13.3. The summed E-state index contributed by atoms with van der Waals surface area (Å²) >= 11 is 3.29. The van der Waals surface area contributed by atoms with Gasteiger partial charge >= 0.3 is 12.2 Å². The predicted octanol–water partition coefficient (Wildman–Crippen LogP) is 16.2. The van der Waals surface area contributed by atoms with E-state index in [2.05, 4.69) is 105 Å². The van der Waals surface area contributed by atoms with Crippen LogP contribution in [0.2, 0.25) is 0 Å². The van der Waals surface area contributed by atoms with E-state index in [1.807, 2.05) is 161 Å². The van der Waals surface area contributed by atoms with E-state index in [-0.39, 0.29) is 25.7 Å². The number of nitrogens with one attached hydrogen (secondary N) is 6. The second kappa shape index (κ2) is 38.5. The number of methoxy groups -OCH3 is 4. The smallest absolute Gasteiger partial charge is 0.408 e. The van der Waals surface area contributed by atoms with E-state index in [9.17, 15) is 19.2 Å². The zero-order valence-electron chi connectivity index (χ0n) is 64.1. The summed E-state index contributed by atoms with van der Waals surface area (Å²) in [6.45, 7) is 17.9. The molecule has 0 aliphatic heterocycles. The van der Waals surface area contributed by atoms with Crippen molar-refractivity contribution in [3.8, 4) is 0 Å². The predicted molar refractivity (Wildman–Crippen MR) is 428 cm³/mol. The standard InChI is InChI=1S/C87H106N6O12S2/c1-82(2,3)104-80(98)90-70(53-55-106-86(62-33-21-15-22-34-62,63-35-23-16-24-36-63)64-37-25-17-26-38-64)76(94)92-74(84(7,8)58-72(100-11)101-12)78(96)88-68-49-45-60(46-50-68)57-61-47-51-69(52-48-61)89-79(97)75(85(9,10)59-73(102-13)103-14)93-77(95)71(91-81(99)105-83(4,5)6)54-56-107-87(65-39-27-18-28-40-65,66-41-29-19-30-42-66)67-43-31-20-32-44-67/h15-52,70-75H,53-59H2,1-14H3,(H,88,96)(H,89,97)(H,90,98)(H,91,99)(H,92,94)(H,93,95)/t70-,71-,74?,75?/m0/s1. The Hall–Kier alpha value is -9.28. The van der Waals surface area contributed by atoms with Crippen molar-refractivity contribution in [1.82, 2.24) is 21.3 Å². The second-order valence-corrected chi connectivity index (χ2v) is 32.5. The van der Waals surface area contributed by atoms with Crippen molar-refractivity contribution in [1.29, 1.82) is 0 Å². The molecule has 0 heterocycles. The summed E-state index contributed by atoms with van der Waals surface area (Å²) in [5.41, 5.74) is 5.23. The highest BCUT2D eigenvalue weighted by Gasteiger charge is 2.44. The third-order valence-corrected chi connectivity index (χ3v) is 21.7. The zero-order valence-corrected chi connectivity index (χ0v) is 65.7. The molecule has 0 aliphatic rings. The zero-order chi connectivity index (χ0) is 77.4. The summed E-state index contributed by atoms with van der Waals surface area (Å²) in [6.07, 6.45) is -1.84. The molecule has 2 unspecified atom stereocenters. The van der Waals surface area contributed by atoms with Gasteiger partial charge in [-0.25, -0.2) is 9.59 Å². The summed E-state index contributed by atoms with van der Waals surface area (Å²) in [4.78, 5) is 87.3. The molecule has 4 atom stereocenters. The lowest BCUT2D eigenvalue weighted by molar-refractivity contribution is -0.139. The molecule has 0 saturated carbocycles. The van der Waals surface area contributed by atoms with Crippen LogP contribution in [0.5, 0.6) is 0 Å². The van der Waals surface area contributed by atoms with Crippen LogP contribution in [0.1, 0.15) is 139 Å². The lowest BCUT2D eigenvalue weighted by Crippen LogP contribution is -2.58. The van der Waals surface area contributed by atoms with Crippen LogP contribution in [0.15, 0.2) is 231 Å². The average molecular weight is 1490 g/mol. The summed E-state index contributed by atoms with van der Waals surface area (Å²) < 4.78 is 32.6. The molecule has 6 N–H and O–H groups in total. The van der Waals surface area contributed by atoms with E-state index >= 15 is 9.59 Å². The molecule has 8 aromatic rings. The Morgan fingerprint density at radius 1 is 0.336 bits per heavy atom. The van der Waals surface area contributed by atoms with Gasteiger partial charge in [0, 0.05) is 52.7 Å². The molecule has 18 nitrogen and oxygen atoms in total. The summed E-state index contributed by atoms with van der Waals surface area (Å²) in [7, 11) is 6.04. The average Bonchev–Trinajstić information content (AvgIpc) is 0.763. The molecule has 8 aromatic carbocycles. The number of ether oxygens (including phenoxy) is 6. The molecular weight excluding hydrogens is 1390 g/mol. The van der Waals surface area contributed by atoms with Gasteiger partial charge in [-0.05, 0) is 152 Å². The van der Waals surface area contributed by atoms with Crippen LogP contribution in [0.3, 0.4) is 0 Å². The first-order valence-electron chi connectivity index (χ1n) is 36.1. The number of carbonyl (C=O) groups excluding carboxylic acids is 6. The molecular formula is C87H106N6O12S2. The monoisotopic (exact) mass is 1490 g/mol. The molecule has 6 amide bonds. The Morgan fingerprint density at radius 2 is 0.589 bits per heavy atom. The van der Waals surface area contributed by atoms with E-state index in [0.717, 1.165) is 44.5 Å². The number of hydrogen-bond donors (Lipinski definition) is 6. The molecule has 0 bridgehead atoms. The second-order valence-electron chi connectivity index (χ2n) is 29.9. The minimum Gasteiger partial charge on any atom is -0.444 e. The van der Waals surface area contributed by atoms with Crippen LogP contribution in [0, 0.1) is 10.8 Å². The Labute approximate surface area is 640 Å². The van der Waals surface area contributed by atoms with Crippen molar-refractivity contribution >= 4 is 70.7 Å². The Morgan fingerprint density at radius 3 is 0.822 bits per heavy atom. The van der Waals surface area contributed by atoms with Crippen LogP contribution >= 0.6 is 23.5 Å². The maximum absolute atomic E-state index is 15.0. The minimum atomic E-state index is -1.18. The fourth-order valence-electron chi connectivity index (χ4n) is 13.0. The van der Waals surface area contributed by atoms with Gasteiger partial charge in [-0.1, -0.05) is 234 Å². The number of hydrogen-bond acceptors (Lipinski definition) is 14. The first kappa shape index (κ1) is 83.4. The van der Waals surface area contributed by atoms with Crippen molar-refractivity contribution in [2.24, 2.45) is 10.8 Å². The van der Waals surface area contributed by atoms with Gasteiger partial charge in [-0.2, -0.15) is 0 Å². The van der Waals surface area contributed by atoms with E-state index in [1.165, 1.54) is 28.4 Å². The van der Waals surface area contributed by atoms with Crippen LogP contribution in [-0.2, 0) is 63.5 Å². The topological polar surface area (TPSA) is 230 Å². The molecule has 107 heavy (non-hydrogen) atoms. The van der Waals surface area contributed by atoms with Crippen molar-refractivity contribution in [3.05, 3.63) is 275 Å². The van der Waals surface area contributed by atoms with E-state index in [4.69, 9.17) is 28.4 Å². The van der Waals surface area contributed by atoms with Gasteiger partial charge in [0.25, 0.3) is 0 Å². The molecule has 0 fully saturated rings. The minimum absolute atomic E-state index is 0.155. The van der Waals surface area contributed by atoms with Gasteiger partial charge in [-0.15, -0.1) is 23.5 Å². The third-order valence-electron chi connectivity index (χ3n) is 18.5. The summed E-state index contributed by atoms with van der Waals surface area (Å²) in [5.74, 6) is -1.44. The maximum atomic E-state index is 15.0. The quantitative estimate of drug-likeness (QED) is 0.0159. The van der Waals surface area contributed by atoms with Crippen LogP contribution < -0.4 is 31.9 Å². The Bertz CT molecular complexity index is 3640.